The van der Waals surface area contributed by atoms with Crippen molar-refractivity contribution in [3.8, 4) is 0 Å². The molecule has 3 rings (SSSR count). The Morgan fingerprint density at radius 3 is 2.64 bits per heavy atom. The van der Waals surface area contributed by atoms with Crippen molar-refractivity contribution in [2.45, 2.75) is 45.6 Å². The Kier molecular flexibility index (Phi) is 5.12. The second kappa shape index (κ2) is 7.47. The third kappa shape index (κ3) is 3.71. The average molecular weight is 336 g/mol. The smallest absolute Gasteiger partial charge is 0.231 e. The van der Waals surface area contributed by atoms with Crippen molar-refractivity contribution in [1.82, 2.24) is 14.8 Å². The van der Waals surface area contributed by atoms with Gasteiger partial charge in [-0.3, -0.25) is 4.79 Å². The highest BCUT2D eigenvalue weighted by Crippen LogP contribution is 2.24. The van der Waals surface area contributed by atoms with E-state index in [0.29, 0.717) is 5.69 Å². The molecular weight excluding hydrogens is 312 g/mol. The molecule has 1 aromatic carbocycles. The van der Waals surface area contributed by atoms with Crippen LogP contribution in [0.5, 0.6) is 0 Å². The second-order valence-corrected chi connectivity index (χ2v) is 6.56. The zero-order valence-electron chi connectivity index (χ0n) is 14.9. The van der Waals surface area contributed by atoms with E-state index < -0.39 is 0 Å². The van der Waals surface area contributed by atoms with Crippen molar-refractivity contribution in [3.05, 3.63) is 54.4 Å². The summed E-state index contributed by atoms with van der Waals surface area (Å²) in [5.74, 6) is -0.147. The van der Waals surface area contributed by atoms with Crippen LogP contribution >= 0.6 is 0 Å². The van der Waals surface area contributed by atoms with Gasteiger partial charge in [0.15, 0.2) is 5.65 Å². The largest absolute Gasteiger partial charge is 0.324 e. The van der Waals surface area contributed by atoms with Gasteiger partial charge in [-0.25, -0.2) is 9.67 Å². The lowest BCUT2D eigenvalue weighted by atomic mass is 9.93. The number of hydrogen-bond acceptors (Lipinski definition) is 3. The maximum absolute atomic E-state index is 12.8. The van der Waals surface area contributed by atoms with E-state index in [2.05, 4.69) is 36.2 Å². The highest BCUT2D eigenvalue weighted by atomic mass is 16.1. The zero-order chi connectivity index (χ0) is 17.8. The minimum Gasteiger partial charge on any atom is -0.324 e. The van der Waals surface area contributed by atoms with Gasteiger partial charge in [0.05, 0.1) is 24.0 Å². The Hall–Kier alpha value is -2.69. The van der Waals surface area contributed by atoms with Crippen LogP contribution in [-0.4, -0.2) is 20.7 Å². The lowest BCUT2D eigenvalue weighted by molar-refractivity contribution is -0.117. The van der Waals surface area contributed by atoms with Gasteiger partial charge in [-0.15, -0.1) is 0 Å². The molecule has 5 heteroatoms. The minimum atomic E-state index is -0.153. The Morgan fingerprint density at radius 2 is 1.96 bits per heavy atom. The number of carbonyl (C=O) groups excluding carboxylic acids is 1. The van der Waals surface area contributed by atoms with E-state index in [0.717, 1.165) is 29.4 Å². The van der Waals surface area contributed by atoms with E-state index in [1.807, 2.05) is 41.1 Å². The van der Waals surface area contributed by atoms with Crippen molar-refractivity contribution in [3.63, 3.8) is 0 Å². The lowest BCUT2D eigenvalue weighted by Gasteiger charge is -2.16. The molecule has 0 aliphatic heterocycles. The van der Waals surface area contributed by atoms with Crippen molar-refractivity contribution >= 4 is 22.6 Å². The molecule has 3 aromatic rings. The number of hydrogen-bond donors (Lipinski definition) is 1. The fourth-order valence-electron chi connectivity index (χ4n) is 3.04. The maximum atomic E-state index is 12.8. The quantitative estimate of drug-likeness (QED) is 0.719. The molecule has 0 saturated heterocycles. The third-order valence-corrected chi connectivity index (χ3v) is 4.29. The first kappa shape index (κ1) is 17.1. The predicted molar refractivity (Wildman–Crippen MR) is 101 cm³/mol. The SMILES string of the molecule is CCC[C@@H](C(=O)Nc1cnc2c(cnn2C(C)C)c1)c1ccccc1. The highest BCUT2D eigenvalue weighted by Gasteiger charge is 2.20. The van der Waals surface area contributed by atoms with Gasteiger partial charge < -0.3 is 5.32 Å². The fourth-order valence-corrected chi connectivity index (χ4v) is 3.04. The number of anilines is 1. The molecule has 2 heterocycles. The monoisotopic (exact) mass is 336 g/mol. The minimum absolute atomic E-state index is 0.00505. The summed E-state index contributed by atoms with van der Waals surface area (Å²) >= 11 is 0. The van der Waals surface area contributed by atoms with Crippen molar-refractivity contribution in [1.29, 1.82) is 0 Å². The van der Waals surface area contributed by atoms with E-state index >= 15 is 0 Å². The van der Waals surface area contributed by atoms with Crippen molar-refractivity contribution in [2.75, 3.05) is 5.32 Å². The second-order valence-electron chi connectivity index (χ2n) is 6.56. The van der Waals surface area contributed by atoms with Crippen LogP contribution in [0, 0.1) is 0 Å². The van der Waals surface area contributed by atoms with Crippen LogP contribution in [0.2, 0.25) is 0 Å². The molecule has 1 atom stereocenters. The number of pyridine rings is 1. The summed E-state index contributed by atoms with van der Waals surface area (Å²) in [6, 6.07) is 12.1. The Balaban J connectivity index is 1.82. The summed E-state index contributed by atoms with van der Waals surface area (Å²) in [5, 5.41) is 8.32. The zero-order valence-corrected chi connectivity index (χ0v) is 14.9. The normalized spacial score (nSPS) is 12.5. The van der Waals surface area contributed by atoms with E-state index in [4.69, 9.17) is 0 Å². The molecule has 0 spiro atoms. The van der Waals surface area contributed by atoms with E-state index in [-0.39, 0.29) is 17.9 Å². The molecule has 5 nitrogen and oxygen atoms in total. The van der Waals surface area contributed by atoms with Crippen molar-refractivity contribution in [2.24, 2.45) is 0 Å². The summed E-state index contributed by atoms with van der Waals surface area (Å²) < 4.78 is 1.88. The highest BCUT2D eigenvalue weighted by molar-refractivity contribution is 5.97. The van der Waals surface area contributed by atoms with Gasteiger partial charge >= 0.3 is 0 Å². The summed E-state index contributed by atoms with van der Waals surface area (Å²) in [7, 11) is 0. The molecule has 0 aliphatic rings. The number of rotatable bonds is 6. The van der Waals surface area contributed by atoms with Crippen molar-refractivity contribution < 1.29 is 4.79 Å². The molecule has 1 N–H and O–H groups in total. The number of carbonyl (C=O) groups is 1. The Bertz CT molecular complexity index is 855. The molecule has 25 heavy (non-hydrogen) atoms. The van der Waals surface area contributed by atoms with Gasteiger partial charge in [0.2, 0.25) is 5.91 Å². The van der Waals surface area contributed by atoms with Gasteiger partial charge in [-0.05, 0) is 31.9 Å². The summed E-state index contributed by atoms with van der Waals surface area (Å²) in [4.78, 5) is 17.3. The molecule has 130 valence electrons. The average Bonchev–Trinajstić information content (AvgIpc) is 3.03. The maximum Gasteiger partial charge on any atom is 0.231 e. The third-order valence-electron chi connectivity index (χ3n) is 4.29. The number of nitrogens with zero attached hydrogens (tertiary/aromatic N) is 3. The summed E-state index contributed by atoms with van der Waals surface area (Å²) in [6.07, 6.45) is 5.26. The number of nitrogens with one attached hydrogen (secondary N) is 1. The molecule has 1 amide bonds. The first-order valence-electron chi connectivity index (χ1n) is 8.79. The fraction of sp³-hybridized carbons (Fsp3) is 0.350. The lowest BCUT2D eigenvalue weighted by Crippen LogP contribution is -2.21. The molecule has 0 radical (unpaired) electrons. The molecule has 0 aliphatic carbocycles. The van der Waals surface area contributed by atoms with Crippen LogP contribution in [0.3, 0.4) is 0 Å². The topological polar surface area (TPSA) is 59.8 Å². The number of amides is 1. The Labute approximate surface area is 148 Å². The number of aromatic nitrogens is 3. The van der Waals surface area contributed by atoms with Crippen LogP contribution in [0.25, 0.3) is 11.0 Å². The van der Waals surface area contributed by atoms with E-state index in [9.17, 15) is 4.79 Å². The molecule has 0 unspecified atom stereocenters. The van der Waals surface area contributed by atoms with Gasteiger partial charge in [0.25, 0.3) is 0 Å². The first-order valence-corrected chi connectivity index (χ1v) is 8.79. The summed E-state index contributed by atoms with van der Waals surface area (Å²) in [6.45, 7) is 6.23. The molecule has 0 bridgehead atoms. The van der Waals surface area contributed by atoms with Gasteiger partial charge in [-0.1, -0.05) is 43.7 Å². The molecule has 0 fully saturated rings. The molecule has 2 aromatic heterocycles. The van der Waals surface area contributed by atoms with Crippen LogP contribution in [0.1, 0.15) is 51.1 Å². The van der Waals surface area contributed by atoms with Crippen LogP contribution in [-0.2, 0) is 4.79 Å². The van der Waals surface area contributed by atoms with Crippen LogP contribution < -0.4 is 5.32 Å². The Morgan fingerprint density at radius 1 is 1.20 bits per heavy atom. The van der Waals surface area contributed by atoms with Gasteiger partial charge in [0.1, 0.15) is 0 Å². The van der Waals surface area contributed by atoms with E-state index in [1.54, 1.807) is 12.4 Å². The number of benzene rings is 1. The van der Waals surface area contributed by atoms with Crippen LogP contribution in [0.15, 0.2) is 48.8 Å². The first-order chi connectivity index (χ1) is 12.1. The predicted octanol–water partition coefficient (Wildman–Crippen LogP) is 4.53. The standard InChI is InChI=1S/C20H24N4O/c1-4-8-18(15-9-6-5-7-10-15)20(25)23-17-11-16-12-22-24(14(2)3)19(16)21-13-17/h5-7,9-14,18H,4,8H2,1-3H3,(H,23,25)/t18-/m1/s1. The summed E-state index contributed by atoms with van der Waals surface area (Å²) in [5.41, 5.74) is 2.59. The number of fused-ring (bicyclic) bond motifs is 1. The molecule has 0 saturated carbocycles. The van der Waals surface area contributed by atoms with E-state index in [1.165, 1.54) is 0 Å². The molecular formula is C20H24N4O. The van der Waals surface area contributed by atoms with Gasteiger partial charge in [-0.2, -0.15) is 5.10 Å². The van der Waals surface area contributed by atoms with Gasteiger partial charge in [0, 0.05) is 11.4 Å². The van der Waals surface area contributed by atoms with Crippen LogP contribution in [0.4, 0.5) is 5.69 Å².